The lowest BCUT2D eigenvalue weighted by Crippen LogP contribution is -2.40. The van der Waals surface area contributed by atoms with Gasteiger partial charge in [-0.2, -0.15) is 0 Å². The van der Waals surface area contributed by atoms with Gasteiger partial charge in [0.2, 0.25) is 0 Å². The van der Waals surface area contributed by atoms with Crippen molar-refractivity contribution in [3.63, 3.8) is 0 Å². The first-order chi connectivity index (χ1) is 9.95. The molecule has 1 aromatic heterocycles. The summed E-state index contributed by atoms with van der Waals surface area (Å²) in [6.07, 6.45) is 2.73. The van der Waals surface area contributed by atoms with Crippen molar-refractivity contribution in [3.8, 4) is 0 Å². The summed E-state index contributed by atoms with van der Waals surface area (Å²) in [5, 5.41) is 10.6. The zero-order valence-corrected chi connectivity index (χ0v) is 12.8. The molecule has 1 aromatic rings. The number of carbonyl (C=O) groups excluding carboxylic acids is 2. The molecule has 0 radical (unpaired) electrons. The summed E-state index contributed by atoms with van der Waals surface area (Å²) in [6, 6.07) is 3.73. The van der Waals surface area contributed by atoms with Gasteiger partial charge in [0, 0.05) is 12.0 Å². The van der Waals surface area contributed by atoms with E-state index < -0.39 is 18.4 Å². The Morgan fingerprint density at radius 3 is 2.95 bits per heavy atom. The first kappa shape index (κ1) is 14.3. The number of hydrogen-bond donors (Lipinski definition) is 0. The zero-order chi connectivity index (χ0) is 15.1. The molecule has 5 nitrogen and oxygen atoms in total. The van der Waals surface area contributed by atoms with Crippen LogP contribution in [0.15, 0.2) is 21.5 Å². The Hall–Kier alpha value is -1.60. The molecule has 0 spiro atoms. The Kier molecular flexibility index (Phi) is 3.62. The monoisotopic (exact) mass is 322 g/mol. The van der Waals surface area contributed by atoms with Crippen LogP contribution in [-0.2, 0) is 9.59 Å². The fourth-order valence-corrected chi connectivity index (χ4v) is 3.49. The second-order valence-corrected chi connectivity index (χ2v) is 6.88. The minimum Gasteiger partial charge on any atom is -0.548 e. The van der Waals surface area contributed by atoms with E-state index in [0.717, 1.165) is 28.8 Å². The number of amides is 1. The van der Waals surface area contributed by atoms with E-state index in [1.54, 1.807) is 6.08 Å². The van der Waals surface area contributed by atoms with Crippen LogP contribution in [0.5, 0.6) is 0 Å². The summed E-state index contributed by atoms with van der Waals surface area (Å²) >= 11 is 6.08. The van der Waals surface area contributed by atoms with Gasteiger partial charge in [-0.1, -0.05) is 30.9 Å². The smallest absolute Gasteiger partial charge is 0.266 e. The highest BCUT2D eigenvalue weighted by molar-refractivity contribution is 8.26. The van der Waals surface area contributed by atoms with Gasteiger partial charge in [0.1, 0.15) is 15.8 Å². The van der Waals surface area contributed by atoms with E-state index >= 15 is 0 Å². The molecule has 1 aliphatic carbocycles. The quantitative estimate of drug-likeness (QED) is 0.615. The average molecular weight is 322 g/mol. The lowest BCUT2D eigenvalue weighted by atomic mass is 10.3. The molecular formula is C14H12NO4S2-. The Morgan fingerprint density at radius 2 is 2.33 bits per heavy atom. The standard InChI is InChI=1S/C14H13NO4S2/c1-7-4-9(7)10-3-2-8(19-10)5-11-13(18)15(6-12(16)17)14(20)21-11/h2-3,5,7,9H,4,6H2,1H3,(H,16,17)/p-1/b11-5-/t7-,9+/m0/s1. The Balaban J connectivity index is 1.77. The number of furan rings is 1. The van der Waals surface area contributed by atoms with Crippen LogP contribution in [0.25, 0.3) is 6.08 Å². The summed E-state index contributed by atoms with van der Waals surface area (Å²) in [5.41, 5.74) is 0. The highest BCUT2D eigenvalue weighted by Crippen LogP contribution is 2.47. The molecule has 2 aliphatic rings. The van der Waals surface area contributed by atoms with E-state index in [1.807, 2.05) is 12.1 Å². The molecule has 3 rings (SSSR count). The average Bonchev–Trinajstić information content (AvgIpc) is 2.87. The zero-order valence-electron chi connectivity index (χ0n) is 11.2. The second-order valence-electron chi connectivity index (χ2n) is 5.20. The summed E-state index contributed by atoms with van der Waals surface area (Å²) in [7, 11) is 0. The van der Waals surface area contributed by atoms with Crippen LogP contribution in [-0.4, -0.2) is 27.6 Å². The van der Waals surface area contributed by atoms with Gasteiger partial charge in [0.25, 0.3) is 5.91 Å². The molecule has 1 saturated heterocycles. The van der Waals surface area contributed by atoms with E-state index in [2.05, 4.69) is 6.92 Å². The van der Waals surface area contributed by atoms with Crippen LogP contribution in [0.2, 0.25) is 0 Å². The van der Waals surface area contributed by atoms with Crippen molar-refractivity contribution in [1.82, 2.24) is 4.90 Å². The maximum atomic E-state index is 12.1. The fraction of sp³-hybridized carbons (Fsp3) is 0.357. The third kappa shape index (κ3) is 2.89. The summed E-state index contributed by atoms with van der Waals surface area (Å²) in [4.78, 5) is 24.1. The number of carboxylic acid groups (broad SMARTS) is 1. The second kappa shape index (κ2) is 5.31. The van der Waals surface area contributed by atoms with E-state index in [0.29, 0.717) is 22.5 Å². The largest absolute Gasteiger partial charge is 0.548 e. The molecule has 2 fully saturated rings. The highest BCUT2D eigenvalue weighted by Gasteiger charge is 2.37. The molecule has 7 heteroatoms. The molecular weight excluding hydrogens is 310 g/mol. The Morgan fingerprint density at radius 1 is 1.62 bits per heavy atom. The van der Waals surface area contributed by atoms with Crippen molar-refractivity contribution in [1.29, 1.82) is 0 Å². The van der Waals surface area contributed by atoms with Crippen LogP contribution < -0.4 is 5.11 Å². The van der Waals surface area contributed by atoms with Gasteiger partial charge in [-0.3, -0.25) is 9.69 Å². The van der Waals surface area contributed by atoms with Gasteiger partial charge in [-0.15, -0.1) is 0 Å². The normalized spacial score (nSPS) is 26.7. The predicted molar refractivity (Wildman–Crippen MR) is 80.1 cm³/mol. The first-order valence-electron chi connectivity index (χ1n) is 6.50. The number of rotatable bonds is 4. The van der Waals surface area contributed by atoms with Crippen molar-refractivity contribution in [2.45, 2.75) is 19.3 Å². The van der Waals surface area contributed by atoms with Gasteiger partial charge in [0.15, 0.2) is 0 Å². The summed E-state index contributed by atoms with van der Waals surface area (Å²) in [5.74, 6) is 0.865. The van der Waals surface area contributed by atoms with Crippen LogP contribution in [0.3, 0.4) is 0 Å². The lowest BCUT2D eigenvalue weighted by Gasteiger charge is -2.14. The van der Waals surface area contributed by atoms with Crippen LogP contribution >= 0.6 is 24.0 Å². The van der Waals surface area contributed by atoms with Gasteiger partial charge >= 0.3 is 0 Å². The lowest BCUT2D eigenvalue weighted by molar-refractivity contribution is -0.305. The van der Waals surface area contributed by atoms with Gasteiger partial charge in [0.05, 0.1) is 17.4 Å². The third-order valence-corrected chi connectivity index (χ3v) is 4.93. The molecule has 0 N–H and O–H groups in total. The molecule has 0 bridgehead atoms. The Bertz CT molecular complexity index is 664. The van der Waals surface area contributed by atoms with Gasteiger partial charge in [-0.05, 0) is 24.5 Å². The number of thioether (sulfide) groups is 1. The molecule has 110 valence electrons. The van der Waals surface area contributed by atoms with Crippen molar-refractivity contribution in [2.24, 2.45) is 5.92 Å². The minimum atomic E-state index is -1.34. The number of thiocarbonyl (C=S) groups is 1. The molecule has 1 saturated carbocycles. The maximum absolute atomic E-state index is 12.1. The molecule has 0 aromatic carbocycles. The van der Waals surface area contributed by atoms with Gasteiger partial charge < -0.3 is 14.3 Å². The molecule has 2 heterocycles. The number of nitrogens with zero attached hydrogens (tertiary/aromatic N) is 1. The molecule has 1 amide bonds. The maximum Gasteiger partial charge on any atom is 0.266 e. The number of hydrogen-bond acceptors (Lipinski definition) is 6. The predicted octanol–water partition coefficient (Wildman–Crippen LogP) is 1.35. The topological polar surface area (TPSA) is 73.6 Å². The van der Waals surface area contributed by atoms with Crippen molar-refractivity contribution in [3.05, 3.63) is 28.6 Å². The van der Waals surface area contributed by atoms with Crippen molar-refractivity contribution >= 4 is 46.3 Å². The van der Waals surface area contributed by atoms with Crippen molar-refractivity contribution < 1.29 is 19.1 Å². The number of aliphatic carboxylic acids is 1. The first-order valence-corrected chi connectivity index (χ1v) is 7.73. The highest BCUT2D eigenvalue weighted by atomic mass is 32.2. The van der Waals surface area contributed by atoms with E-state index in [1.165, 1.54) is 0 Å². The number of carboxylic acids is 1. The van der Waals surface area contributed by atoms with Crippen molar-refractivity contribution in [2.75, 3.05) is 6.54 Å². The van der Waals surface area contributed by atoms with E-state index in [4.69, 9.17) is 16.6 Å². The molecule has 1 aliphatic heterocycles. The number of carbonyl (C=O) groups is 2. The van der Waals surface area contributed by atoms with Crippen LogP contribution in [0.4, 0.5) is 0 Å². The van der Waals surface area contributed by atoms with E-state index in [-0.39, 0.29) is 4.32 Å². The van der Waals surface area contributed by atoms with Crippen LogP contribution in [0, 0.1) is 5.92 Å². The molecule has 0 unspecified atom stereocenters. The summed E-state index contributed by atoms with van der Waals surface area (Å²) < 4.78 is 5.93. The molecule has 21 heavy (non-hydrogen) atoms. The van der Waals surface area contributed by atoms with Crippen LogP contribution in [0.1, 0.15) is 30.8 Å². The Labute approximate surface area is 131 Å². The van der Waals surface area contributed by atoms with E-state index in [9.17, 15) is 14.7 Å². The third-order valence-electron chi connectivity index (χ3n) is 3.56. The van der Waals surface area contributed by atoms with Gasteiger partial charge in [-0.25, -0.2) is 0 Å². The summed E-state index contributed by atoms with van der Waals surface area (Å²) in [6.45, 7) is 1.64. The minimum absolute atomic E-state index is 0.220. The SMILES string of the molecule is C[C@H]1C[C@H]1c1ccc(/C=C2\SC(=S)N(CC(=O)[O-])C2=O)o1. The fourth-order valence-electron chi connectivity index (χ4n) is 2.26. The molecule has 2 atom stereocenters.